The topological polar surface area (TPSA) is 28.7 Å². The van der Waals surface area contributed by atoms with E-state index in [1.165, 1.54) is 0 Å². The van der Waals surface area contributed by atoms with Crippen molar-refractivity contribution in [1.29, 1.82) is 0 Å². The van der Waals surface area contributed by atoms with Crippen LogP contribution in [0, 0.1) is 4.64 Å². The minimum atomic E-state index is 0.628. The van der Waals surface area contributed by atoms with Crippen LogP contribution in [0.5, 0.6) is 0 Å². The molecular weight excluding hydrogens is 316 g/mol. The molecule has 3 aromatic rings. The molecule has 2 aromatic heterocycles. The van der Waals surface area contributed by atoms with Gasteiger partial charge in [0.1, 0.15) is 10.5 Å². The van der Waals surface area contributed by atoms with Crippen molar-refractivity contribution in [1.82, 2.24) is 9.97 Å². The van der Waals surface area contributed by atoms with Crippen LogP contribution in [0.1, 0.15) is 0 Å². The molecule has 0 saturated carbocycles. The third-order valence-electron chi connectivity index (χ3n) is 2.43. The Hall–Kier alpha value is -1.04. The molecule has 0 amide bonds. The highest BCUT2D eigenvalue weighted by atomic mass is 79.9. The summed E-state index contributed by atoms with van der Waals surface area (Å²) >= 11 is 10.4. The molecule has 2 nitrogen and oxygen atoms in total. The minimum absolute atomic E-state index is 0.628. The quantitative estimate of drug-likeness (QED) is 0.653. The van der Waals surface area contributed by atoms with Crippen LogP contribution >= 0.6 is 39.5 Å². The lowest BCUT2D eigenvalue weighted by atomic mass is 10.2. The predicted octanol–water partition coefficient (Wildman–Crippen LogP) is 4.78. The summed E-state index contributed by atoms with van der Waals surface area (Å²) in [6, 6.07) is 10.0. The molecule has 3 rings (SSSR count). The van der Waals surface area contributed by atoms with E-state index in [4.69, 9.17) is 12.2 Å². The lowest BCUT2D eigenvalue weighted by Gasteiger charge is -2.02. The molecule has 5 heteroatoms. The summed E-state index contributed by atoms with van der Waals surface area (Å²) in [5, 5.41) is 2.99. The van der Waals surface area contributed by atoms with Gasteiger partial charge < -0.3 is 4.98 Å². The maximum atomic E-state index is 5.33. The van der Waals surface area contributed by atoms with Crippen LogP contribution in [0.25, 0.3) is 21.6 Å². The normalized spacial score (nSPS) is 10.9. The number of fused-ring (bicyclic) bond motifs is 1. The Kier molecular flexibility index (Phi) is 2.82. The summed E-state index contributed by atoms with van der Waals surface area (Å²) in [5.74, 6) is 0.833. The molecule has 0 bridgehead atoms. The number of halogens is 1. The van der Waals surface area contributed by atoms with Gasteiger partial charge in [-0.15, -0.1) is 11.3 Å². The summed E-state index contributed by atoms with van der Waals surface area (Å²) in [6.07, 6.45) is 0. The van der Waals surface area contributed by atoms with Gasteiger partial charge in [-0.2, -0.15) is 0 Å². The van der Waals surface area contributed by atoms with Crippen molar-refractivity contribution in [3.8, 4) is 10.7 Å². The Balaban J connectivity index is 2.32. The van der Waals surface area contributed by atoms with Gasteiger partial charge in [0, 0.05) is 9.86 Å². The third-order valence-corrected chi connectivity index (χ3v) is 4.11. The number of aromatic amines is 1. The highest BCUT2D eigenvalue weighted by Gasteiger charge is 2.04. The SMILES string of the molecule is S=c1nc(-c2cccs2)[nH]c2ccc(Br)cc12. The van der Waals surface area contributed by atoms with E-state index in [1.54, 1.807) is 11.3 Å². The number of nitrogens with zero attached hydrogens (tertiary/aromatic N) is 1. The molecule has 17 heavy (non-hydrogen) atoms. The molecule has 0 radical (unpaired) electrons. The highest BCUT2D eigenvalue weighted by Crippen LogP contribution is 2.25. The van der Waals surface area contributed by atoms with Gasteiger partial charge in [-0.3, -0.25) is 0 Å². The van der Waals surface area contributed by atoms with Gasteiger partial charge in [0.15, 0.2) is 0 Å². The van der Waals surface area contributed by atoms with Crippen molar-refractivity contribution in [2.45, 2.75) is 0 Å². The fourth-order valence-electron chi connectivity index (χ4n) is 1.65. The average molecular weight is 323 g/mol. The second kappa shape index (κ2) is 4.33. The van der Waals surface area contributed by atoms with Crippen LogP contribution in [-0.4, -0.2) is 9.97 Å². The zero-order chi connectivity index (χ0) is 11.8. The van der Waals surface area contributed by atoms with Gasteiger partial charge in [-0.1, -0.05) is 34.2 Å². The molecule has 1 N–H and O–H groups in total. The molecule has 0 saturated heterocycles. The van der Waals surface area contributed by atoms with Gasteiger partial charge in [0.25, 0.3) is 0 Å². The Morgan fingerprint density at radius 1 is 1.29 bits per heavy atom. The van der Waals surface area contributed by atoms with E-state index in [1.807, 2.05) is 35.7 Å². The summed E-state index contributed by atoms with van der Waals surface area (Å²) in [4.78, 5) is 8.84. The van der Waals surface area contributed by atoms with Gasteiger partial charge in [-0.25, -0.2) is 4.98 Å². The molecule has 0 aliphatic rings. The smallest absolute Gasteiger partial charge is 0.149 e. The van der Waals surface area contributed by atoms with E-state index in [0.29, 0.717) is 4.64 Å². The lowest BCUT2D eigenvalue weighted by molar-refractivity contribution is 1.22. The zero-order valence-corrected chi connectivity index (χ0v) is 11.8. The van der Waals surface area contributed by atoms with E-state index in [0.717, 1.165) is 26.1 Å². The molecular formula is C12H7BrN2S2. The second-order valence-electron chi connectivity index (χ2n) is 3.56. The molecule has 0 atom stereocenters. The average Bonchev–Trinajstić information content (AvgIpc) is 2.83. The molecule has 2 heterocycles. The first-order valence-electron chi connectivity index (χ1n) is 4.97. The molecule has 0 fully saturated rings. The van der Waals surface area contributed by atoms with Gasteiger partial charge in [0.05, 0.1) is 10.4 Å². The van der Waals surface area contributed by atoms with Crippen LogP contribution in [-0.2, 0) is 0 Å². The number of hydrogen-bond acceptors (Lipinski definition) is 3. The fourth-order valence-corrected chi connectivity index (χ4v) is 2.94. The summed E-state index contributed by atoms with van der Waals surface area (Å²) in [7, 11) is 0. The van der Waals surface area contributed by atoms with Crippen molar-refractivity contribution in [2.75, 3.05) is 0 Å². The number of benzene rings is 1. The molecule has 0 unspecified atom stereocenters. The van der Waals surface area contributed by atoms with Crippen molar-refractivity contribution in [3.05, 3.63) is 44.8 Å². The summed E-state index contributed by atoms with van der Waals surface area (Å²) in [5.41, 5.74) is 1.01. The Labute approximate surface area is 115 Å². The van der Waals surface area contributed by atoms with Crippen molar-refractivity contribution in [3.63, 3.8) is 0 Å². The number of thiophene rings is 1. The van der Waals surface area contributed by atoms with Gasteiger partial charge >= 0.3 is 0 Å². The number of aromatic nitrogens is 2. The number of hydrogen-bond donors (Lipinski definition) is 1. The van der Waals surface area contributed by atoms with Crippen molar-refractivity contribution >= 4 is 50.4 Å². The molecule has 1 aromatic carbocycles. The number of nitrogens with one attached hydrogen (secondary N) is 1. The first-order chi connectivity index (χ1) is 8.24. The molecule has 0 spiro atoms. The number of rotatable bonds is 1. The van der Waals surface area contributed by atoms with Gasteiger partial charge in [0.2, 0.25) is 0 Å². The summed E-state index contributed by atoms with van der Waals surface area (Å²) < 4.78 is 1.64. The van der Waals surface area contributed by atoms with E-state index >= 15 is 0 Å². The van der Waals surface area contributed by atoms with Gasteiger partial charge in [-0.05, 0) is 29.6 Å². The molecule has 0 aliphatic carbocycles. The van der Waals surface area contributed by atoms with Crippen LogP contribution < -0.4 is 0 Å². The number of H-pyrrole nitrogens is 1. The first kappa shape index (κ1) is 11.1. The van der Waals surface area contributed by atoms with Crippen LogP contribution in [0.3, 0.4) is 0 Å². The van der Waals surface area contributed by atoms with Crippen LogP contribution in [0.2, 0.25) is 0 Å². The Morgan fingerprint density at radius 2 is 2.18 bits per heavy atom. The fraction of sp³-hybridized carbons (Fsp3) is 0. The monoisotopic (exact) mass is 322 g/mol. The highest BCUT2D eigenvalue weighted by molar-refractivity contribution is 9.10. The summed E-state index contributed by atoms with van der Waals surface area (Å²) in [6.45, 7) is 0. The third kappa shape index (κ3) is 2.06. The van der Waals surface area contributed by atoms with Crippen LogP contribution in [0.15, 0.2) is 40.2 Å². The molecule has 84 valence electrons. The van der Waals surface area contributed by atoms with Crippen molar-refractivity contribution in [2.24, 2.45) is 0 Å². The standard InChI is InChI=1S/C12H7BrN2S2/c13-7-3-4-9-8(6-7)12(16)15-11(14-9)10-2-1-5-17-10/h1-6H,(H,14,15,16). The first-order valence-corrected chi connectivity index (χ1v) is 7.05. The maximum Gasteiger partial charge on any atom is 0.149 e. The molecule has 0 aliphatic heterocycles. The second-order valence-corrected chi connectivity index (χ2v) is 5.81. The lowest BCUT2D eigenvalue weighted by Crippen LogP contribution is -1.89. The Bertz CT molecular complexity index is 732. The van der Waals surface area contributed by atoms with Crippen molar-refractivity contribution < 1.29 is 0 Å². The minimum Gasteiger partial charge on any atom is -0.338 e. The van der Waals surface area contributed by atoms with E-state index in [9.17, 15) is 0 Å². The predicted molar refractivity (Wildman–Crippen MR) is 77.9 cm³/mol. The van der Waals surface area contributed by atoms with E-state index < -0.39 is 0 Å². The maximum absolute atomic E-state index is 5.33. The largest absolute Gasteiger partial charge is 0.338 e. The van der Waals surface area contributed by atoms with E-state index in [-0.39, 0.29) is 0 Å². The zero-order valence-electron chi connectivity index (χ0n) is 8.61. The Morgan fingerprint density at radius 3 is 2.94 bits per heavy atom. The van der Waals surface area contributed by atoms with Crippen LogP contribution in [0.4, 0.5) is 0 Å². The van der Waals surface area contributed by atoms with E-state index in [2.05, 4.69) is 25.9 Å².